The number of nitrogens with one attached hydrogen (secondary N) is 2. The molecule has 1 aromatic heterocycles. The lowest BCUT2D eigenvalue weighted by atomic mass is 10.0. The van der Waals surface area contributed by atoms with Gasteiger partial charge < -0.3 is 15.7 Å². The Hall–Kier alpha value is -4.18. The average Bonchev–Trinajstić information content (AvgIpc) is 3.33. The van der Waals surface area contributed by atoms with Crippen LogP contribution in [0.25, 0.3) is 21.7 Å². The molecule has 0 aliphatic rings. The van der Waals surface area contributed by atoms with E-state index in [1.165, 1.54) is 23.5 Å². The number of hydrogen-bond donors (Lipinski definition) is 3. The molecule has 4 rings (SSSR count). The van der Waals surface area contributed by atoms with Crippen LogP contribution in [0.4, 0.5) is 18.3 Å². The van der Waals surface area contributed by atoms with Gasteiger partial charge in [0.15, 0.2) is 5.13 Å². The number of amides is 1. The van der Waals surface area contributed by atoms with Crippen LogP contribution in [0.1, 0.15) is 39.0 Å². The highest BCUT2D eigenvalue weighted by Crippen LogP contribution is 2.40. The summed E-state index contributed by atoms with van der Waals surface area (Å²) in [6.07, 6.45) is -4.57. The molecule has 3 N–H and O–H groups in total. The van der Waals surface area contributed by atoms with Gasteiger partial charge in [0.25, 0.3) is 5.91 Å². The van der Waals surface area contributed by atoms with Gasteiger partial charge in [-0.3, -0.25) is 9.59 Å². The minimum Gasteiger partial charge on any atom is -0.481 e. The number of carboxylic acids is 1. The highest BCUT2D eigenvalue weighted by molar-refractivity contribution is 7.19. The summed E-state index contributed by atoms with van der Waals surface area (Å²) >= 11 is 1.41. The Morgan fingerprint density at radius 1 is 0.923 bits per heavy atom. The molecule has 0 aliphatic carbocycles. The van der Waals surface area contributed by atoms with Crippen LogP contribution in [0.5, 0.6) is 0 Å². The molecule has 0 aliphatic heterocycles. The molecule has 0 spiro atoms. The molecule has 0 unspecified atom stereocenters. The van der Waals surface area contributed by atoms with Crippen LogP contribution in [0.3, 0.4) is 0 Å². The Balaban J connectivity index is 1.54. The first-order valence-electron chi connectivity index (χ1n) is 12.1. The maximum Gasteiger partial charge on any atom is 0.416 e. The number of aryl methyl sites for hydroxylation is 2. The van der Waals surface area contributed by atoms with E-state index in [-0.39, 0.29) is 18.9 Å². The molecule has 0 radical (unpaired) electrons. The van der Waals surface area contributed by atoms with E-state index in [0.717, 1.165) is 39.3 Å². The molecule has 39 heavy (non-hydrogen) atoms. The number of aromatic nitrogens is 1. The Bertz CT molecular complexity index is 1480. The van der Waals surface area contributed by atoms with Crippen molar-refractivity contribution in [3.05, 3.63) is 94.5 Å². The fourth-order valence-corrected chi connectivity index (χ4v) is 4.80. The molecular formula is C29H26F3N3O3S. The number of carbonyl (C=O) groups is 2. The number of carboxylic acid groups (broad SMARTS) is 1. The van der Waals surface area contributed by atoms with Crippen LogP contribution in [0, 0.1) is 13.8 Å². The summed E-state index contributed by atoms with van der Waals surface area (Å²) in [7, 11) is 0. The third-order valence-electron chi connectivity index (χ3n) is 6.17. The zero-order chi connectivity index (χ0) is 28.2. The van der Waals surface area contributed by atoms with Crippen LogP contribution >= 0.6 is 11.3 Å². The van der Waals surface area contributed by atoms with Gasteiger partial charge in [-0.05, 0) is 60.4 Å². The summed E-state index contributed by atoms with van der Waals surface area (Å²) in [6.45, 7) is 4.48. The van der Waals surface area contributed by atoms with Crippen LogP contribution in [-0.4, -0.2) is 28.5 Å². The van der Waals surface area contributed by atoms with E-state index in [1.807, 2.05) is 32.0 Å². The molecule has 0 atom stereocenters. The van der Waals surface area contributed by atoms with Crippen molar-refractivity contribution < 1.29 is 27.9 Å². The second-order valence-corrected chi connectivity index (χ2v) is 10.0. The Morgan fingerprint density at radius 2 is 1.59 bits per heavy atom. The fraction of sp³-hybridized carbons (Fsp3) is 0.207. The first-order valence-corrected chi connectivity index (χ1v) is 12.9. The molecule has 0 bridgehead atoms. The minimum absolute atomic E-state index is 0.0472. The summed E-state index contributed by atoms with van der Waals surface area (Å²) in [5.74, 6) is -1.34. The molecule has 0 saturated heterocycles. The van der Waals surface area contributed by atoms with Crippen molar-refractivity contribution in [1.82, 2.24) is 10.3 Å². The molecule has 0 saturated carbocycles. The van der Waals surface area contributed by atoms with Crippen molar-refractivity contribution >= 4 is 28.3 Å². The average molecular weight is 554 g/mol. The Labute approximate surface area is 227 Å². The largest absolute Gasteiger partial charge is 0.481 e. The molecule has 202 valence electrons. The lowest BCUT2D eigenvalue weighted by molar-refractivity contribution is -0.138. The SMILES string of the molecule is Cc1ccc(-c2sc(NCc3ccc(C(=O)NCCC(=O)O)cc3)nc2-c2ccc(C(F)(F)F)cc2)cc1C. The smallest absolute Gasteiger partial charge is 0.416 e. The molecule has 4 aromatic rings. The summed E-state index contributed by atoms with van der Waals surface area (Å²) in [4.78, 5) is 28.3. The second-order valence-electron chi connectivity index (χ2n) is 9.02. The molecular weight excluding hydrogens is 527 g/mol. The molecule has 10 heteroatoms. The second kappa shape index (κ2) is 11.7. The number of hydrogen-bond acceptors (Lipinski definition) is 5. The zero-order valence-corrected chi connectivity index (χ0v) is 22.0. The molecule has 1 heterocycles. The topological polar surface area (TPSA) is 91.3 Å². The molecule has 0 fully saturated rings. The monoisotopic (exact) mass is 553 g/mol. The Morgan fingerprint density at radius 3 is 2.21 bits per heavy atom. The summed E-state index contributed by atoms with van der Waals surface area (Å²) in [5.41, 5.74) is 4.92. The normalized spacial score (nSPS) is 11.3. The van der Waals surface area contributed by atoms with Gasteiger partial charge in [0.05, 0.1) is 22.6 Å². The number of halogens is 3. The van der Waals surface area contributed by atoms with Gasteiger partial charge in [-0.2, -0.15) is 13.2 Å². The van der Waals surface area contributed by atoms with Gasteiger partial charge >= 0.3 is 12.1 Å². The van der Waals surface area contributed by atoms with Gasteiger partial charge in [0.2, 0.25) is 0 Å². The number of aliphatic carboxylic acids is 1. The van der Waals surface area contributed by atoms with E-state index in [4.69, 9.17) is 10.1 Å². The number of rotatable bonds is 9. The van der Waals surface area contributed by atoms with E-state index < -0.39 is 17.7 Å². The van der Waals surface area contributed by atoms with Crippen LogP contribution < -0.4 is 10.6 Å². The number of thiazole rings is 1. The molecule has 1 amide bonds. The van der Waals surface area contributed by atoms with Crippen LogP contribution in [-0.2, 0) is 17.5 Å². The van der Waals surface area contributed by atoms with Gasteiger partial charge in [-0.25, -0.2) is 4.98 Å². The van der Waals surface area contributed by atoms with Crippen molar-refractivity contribution in [1.29, 1.82) is 0 Å². The minimum atomic E-state index is -4.42. The summed E-state index contributed by atoms with van der Waals surface area (Å²) in [5, 5.41) is 15.1. The highest BCUT2D eigenvalue weighted by Gasteiger charge is 2.30. The zero-order valence-electron chi connectivity index (χ0n) is 21.2. The summed E-state index contributed by atoms with van der Waals surface area (Å²) < 4.78 is 39.3. The molecule has 6 nitrogen and oxygen atoms in total. The number of nitrogens with zero attached hydrogens (tertiary/aromatic N) is 1. The highest BCUT2D eigenvalue weighted by atomic mass is 32.1. The van der Waals surface area contributed by atoms with Gasteiger partial charge in [0.1, 0.15) is 0 Å². The third-order valence-corrected chi connectivity index (χ3v) is 7.23. The van der Waals surface area contributed by atoms with Crippen molar-refractivity contribution in [2.75, 3.05) is 11.9 Å². The first-order chi connectivity index (χ1) is 18.5. The van der Waals surface area contributed by atoms with Crippen molar-refractivity contribution in [2.24, 2.45) is 0 Å². The van der Waals surface area contributed by atoms with Crippen molar-refractivity contribution in [2.45, 2.75) is 33.0 Å². The van der Waals surface area contributed by atoms with Crippen molar-refractivity contribution in [3.8, 4) is 21.7 Å². The first kappa shape index (κ1) is 27.8. The fourth-order valence-electron chi connectivity index (χ4n) is 3.82. The van der Waals surface area contributed by atoms with Crippen molar-refractivity contribution in [3.63, 3.8) is 0 Å². The van der Waals surface area contributed by atoms with E-state index in [9.17, 15) is 22.8 Å². The lowest BCUT2D eigenvalue weighted by Gasteiger charge is -2.08. The number of anilines is 1. The third kappa shape index (κ3) is 7.02. The van der Waals surface area contributed by atoms with Gasteiger partial charge in [-0.1, -0.05) is 53.8 Å². The van der Waals surface area contributed by atoms with Gasteiger partial charge in [0, 0.05) is 24.2 Å². The Kier molecular flexibility index (Phi) is 8.35. The van der Waals surface area contributed by atoms with E-state index in [2.05, 4.69) is 10.6 Å². The standard InChI is InChI=1S/C29H26F3N3O3S/c1-17-3-6-22(15-18(17)2)26-25(20-9-11-23(12-10-20)29(30,31)32)35-28(39-26)34-16-19-4-7-21(8-5-19)27(38)33-14-13-24(36)37/h3-12,15H,13-14,16H2,1-2H3,(H,33,38)(H,34,35)(H,36,37). The van der Waals surface area contributed by atoms with Gasteiger partial charge in [-0.15, -0.1) is 0 Å². The number of carbonyl (C=O) groups excluding carboxylic acids is 1. The predicted molar refractivity (Wildman–Crippen MR) is 146 cm³/mol. The van der Waals surface area contributed by atoms with Crippen LogP contribution in [0.2, 0.25) is 0 Å². The maximum absolute atomic E-state index is 13.1. The van der Waals surface area contributed by atoms with E-state index in [0.29, 0.717) is 28.5 Å². The lowest BCUT2D eigenvalue weighted by Crippen LogP contribution is -2.25. The summed E-state index contributed by atoms with van der Waals surface area (Å²) in [6, 6.07) is 17.9. The quantitative estimate of drug-likeness (QED) is 0.209. The number of benzene rings is 3. The predicted octanol–water partition coefficient (Wildman–Crippen LogP) is 6.93. The maximum atomic E-state index is 13.1. The van der Waals surface area contributed by atoms with E-state index in [1.54, 1.807) is 24.3 Å². The molecule has 3 aromatic carbocycles. The van der Waals surface area contributed by atoms with E-state index >= 15 is 0 Å². The van der Waals surface area contributed by atoms with Crippen LogP contribution in [0.15, 0.2) is 66.7 Å². The number of alkyl halides is 3.